The topological polar surface area (TPSA) is 36.4 Å². The minimum Gasteiger partial charge on any atom is -0.331 e. The van der Waals surface area contributed by atoms with Gasteiger partial charge in [-0.3, -0.25) is 5.43 Å². The Morgan fingerprint density at radius 1 is 0.769 bits per heavy atom. The second kappa shape index (κ2) is 9.30. The zero-order valence-corrected chi connectivity index (χ0v) is 15.0. The molecule has 0 fully saturated rings. The van der Waals surface area contributed by atoms with Crippen LogP contribution in [0.15, 0.2) is 102 Å². The van der Waals surface area contributed by atoms with Crippen LogP contribution in [0.2, 0.25) is 0 Å². The van der Waals surface area contributed by atoms with Crippen molar-refractivity contribution in [1.29, 1.82) is 0 Å². The molecule has 26 heavy (non-hydrogen) atoms. The molecule has 0 heterocycles. The minimum absolute atomic E-state index is 0.442. The molecule has 4 heteroatoms. The Kier molecular flexibility index (Phi) is 6.29. The van der Waals surface area contributed by atoms with Crippen molar-refractivity contribution in [3.63, 3.8) is 0 Å². The standard InChI is InChI=1S/C22H19N3S/c26-22(23-20-14-8-3-9-15-20)25-24-21(19-12-6-2-7-13-19)17-16-18-10-4-1-5-11-18/h1-17H,(H2,23,25,26)/b17-16+,24-21+. The van der Waals surface area contributed by atoms with Crippen LogP contribution in [0.4, 0.5) is 5.69 Å². The second-order valence-corrected chi connectivity index (χ2v) is 5.95. The quantitative estimate of drug-likeness (QED) is 0.379. The smallest absolute Gasteiger partial charge is 0.191 e. The lowest BCUT2D eigenvalue weighted by atomic mass is 10.1. The monoisotopic (exact) mass is 357 g/mol. The Balaban J connectivity index is 1.75. The average molecular weight is 357 g/mol. The molecule has 2 N–H and O–H groups in total. The van der Waals surface area contributed by atoms with Crippen LogP contribution in [0.1, 0.15) is 11.1 Å². The van der Waals surface area contributed by atoms with E-state index in [-0.39, 0.29) is 0 Å². The molecule has 0 aliphatic rings. The van der Waals surface area contributed by atoms with Crippen molar-refractivity contribution in [3.05, 3.63) is 108 Å². The van der Waals surface area contributed by atoms with E-state index in [1.165, 1.54) is 0 Å². The zero-order valence-electron chi connectivity index (χ0n) is 14.2. The molecule has 0 aromatic heterocycles. The van der Waals surface area contributed by atoms with Crippen LogP contribution < -0.4 is 10.7 Å². The van der Waals surface area contributed by atoms with E-state index in [4.69, 9.17) is 12.2 Å². The maximum Gasteiger partial charge on any atom is 0.191 e. The van der Waals surface area contributed by atoms with Crippen LogP contribution in [-0.4, -0.2) is 10.8 Å². The van der Waals surface area contributed by atoms with Crippen molar-refractivity contribution in [2.75, 3.05) is 5.32 Å². The van der Waals surface area contributed by atoms with Crippen LogP contribution >= 0.6 is 12.2 Å². The third kappa shape index (κ3) is 5.40. The summed E-state index contributed by atoms with van der Waals surface area (Å²) in [5, 5.41) is 8.04. The number of thiocarbonyl (C=S) groups is 1. The molecule has 0 bridgehead atoms. The zero-order chi connectivity index (χ0) is 18.0. The number of hydrogen-bond acceptors (Lipinski definition) is 2. The number of para-hydroxylation sites is 1. The molecule has 3 nitrogen and oxygen atoms in total. The van der Waals surface area contributed by atoms with Gasteiger partial charge in [-0.1, -0.05) is 84.9 Å². The van der Waals surface area contributed by atoms with E-state index >= 15 is 0 Å². The van der Waals surface area contributed by atoms with E-state index in [1.54, 1.807) is 0 Å². The summed E-state index contributed by atoms with van der Waals surface area (Å²) >= 11 is 5.33. The van der Waals surface area contributed by atoms with Crippen LogP contribution in [0.3, 0.4) is 0 Å². The highest BCUT2D eigenvalue weighted by Gasteiger charge is 2.01. The summed E-state index contributed by atoms with van der Waals surface area (Å²) in [6, 6.07) is 29.9. The number of rotatable bonds is 5. The molecule has 0 radical (unpaired) electrons. The van der Waals surface area contributed by atoms with Gasteiger partial charge in [0.15, 0.2) is 5.11 Å². The van der Waals surface area contributed by atoms with Gasteiger partial charge in [0.05, 0.1) is 5.71 Å². The Hall–Kier alpha value is -3.24. The van der Waals surface area contributed by atoms with Gasteiger partial charge in [0.2, 0.25) is 0 Å². The number of allylic oxidation sites excluding steroid dienone is 1. The van der Waals surface area contributed by atoms with E-state index in [0.29, 0.717) is 5.11 Å². The van der Waals surface area contributed by atoms with Gasteiger partial charge in [-0.15, -0.1) is 0 Å². The first-order valence-corrected chi connectivity index (χ1v) is 8.70. The maximum atomic E-state index is 5.33. The Morgan fingerprint density at radius 3 is 2.00 bits per heavy atom. The fraction of sp³-hybridized carbons (Fsp3) is 0. The van der Waals surface area contributed by atoms with E-state index in [0.717, 1.165) is 22.5 Å². The van der Waals surface area contributed by atoms with Crippen LogP contribution in [0, 0.1) is 0 Å². The fourth-order valence-corrected chi connectivity index (χ4v) is 2.50. The normalized spacial score (nSPS) is 11.3. The molecular formula is C22H19N3S. The highest BCUT2D eigenvalue weighted by Crippen LogP contribution is 2.07. The highest BCUT2D eigenvalue weighted by molar-refractivity contribution is 7.80. The van der Waals surface area contributed by atoms with Gasteiger partial charge in [-0.25, -0.2) is 0 Å². The van der Waals surface area contributed by atoms with Gasteiger partial charge in [0, 0.05) is 11.3 Å². The summed E-state index contributed by atoms with van der Waals surface area (Å²) in [6.07, 6.45) is 4.00. The lowest BCUT2D eigenvalue weighted by Gasteiger charge is -2.08. The highest BCUT2D eigenvalue weighted by atomic mass is 32.1. The number of nitrogens with zero attached hydrogens (tertiary/aromatic N) is 1. The SMILES string of the molecule is S=C(N/N=C(\C=C\c1ccccc1)c1ccccc1)Nc1ccccc1. The summed E-state index contributed by atoms with van der Waals surface area (Å²) < 4.78 is 0. The van der Waals surface area contributed by atoms with E-state index in [1.807, 2.05) is 103 Å². The lowest BCUT2D eigenvalue weighted by molar-refractivity contribution is 1.04. The van der Waals surface area contributed by atoms with Gasteiger partial charge in [-0.2, -0.15) is 5.10 Å². The van der Waals surface area contributed by atoms with Crippen molar-refractivity contribution in [2.24, 2.45) is 5.10 Å². The van der Waals surface area contributed by atoms with E-state index in [2.05, 4.69) is 15.8 Å². The Bertz CT molecular complexity index is 888. The molecule has 0 unspecified atom stereocenters. The molecule has 3 aromatic rings. The molecule has 0 spiro atoms. The number of hydrogen-bond donors (Lipinski definition) is 2. The molecule has 0 saturated heterocycles. The largest absolute Gasteiger partial charge is 0.331 e. The third-order valence-corrected chi connectivity index (χ3v) is 3.81. The molecule has 0 aliphatic heterocycles. The minimum atomic E-state index is 0.442. The number of anilines is 1. The lowest BCUT2D eigenvalue weighted by Crippen LogP contribution is -2.25. The van der Waals surface area contributed by atoms with Crippen LogP contribution in [0.5, 0.6) is 0 Å². The van der Waals surface area contributed by atoms with Crippen LogP contribution in [-0.2, 0) is 0 Å². The molecule has 3 aromatic carbocycles. The molecular weight excluding hydrogens is 338 g/mol. The van der Waals surface area contributed by atoms with Crippen molar-refractivity contribution in [3.8, 4) is 0 Å². The molecule has 0 saturated carbocycles. The fourth-order valence-electron chi connectivity index (χ4n) is 2.34. The van der Waals surface area contributed by atoms with Gasteiger partial charge in [0.1, 0.15) is 0 Å². The van der Waals surface area contributed by atoms with Crippen molar-refractivity contribution in [1.82, 2.24) is 5.43 Å². The summed E-state index contributed by atoms with van der Waals surface area (Å²) in [4.78, 5) is 0. The summed E-state index contributed by atoms with van der Waals surface area (Å²) in [7, 11) is 0. The van der Waals surface area contributed by atoms with Crippen LogP contribution in [0.25, 0.3) is 6.08 Å². The first-order chi connectivity index (χ1) is 12.8. The molecule has 3 rings (SSSR count). The summed E-state index contributed by atoms with van der Waals surface area (Å²) in [5.74, 6) is 0. The Labute approximate surface area is 159 Å². The predicted octanol–water partition coefficient (Wildman–Crippen LogP) is 5.09. The molecule has 0 atom stereocenters. The third-order valence-electron chi connectivity index (χ3n) is 3.61. The first kappa shape index (κ1) is 17.6. The molecule has 0 amide bonds. The number of benzene rings is 3. The van der Waals surface area contributed by atoms with Gasteiger partial charge >= 0.3 is 0 Å². The predicted molar refractivity (Wildman–Crippen MR) is 114 cm³/mol. The first-order valence-electron chi connectivity index (χ1n) is 8.29. The van der Waals surface area contributed by atoms with Crippen molar-refractivity contribution < 1.29 is 0 Å². The number of hydrazone groups is 1. The second-order valence-electron chi connectivity index (χ2n) is 5.54. The van der Waals surface area contributed by atoms with Gasteiger partial charge in [0.25, 0.3) is 0 Å². The molecule has 128 valence electrons. The van der Waals surface area contributed by atoms with E-state index < -0.39 is 0 Å². The van der Waals surface area contributed by atoms with Crippen molar-refractivity contribution >= 4 is 34.8 Å². The summed E-state index contributed by atoms with van der Waals surface area (Å²) in [6.45, 7) is 0. The van der Waals surface area contributed by atoms with Gasteiger partial charge < -0.3 is 5.32 Å². The Morgan fingerprint density at radius 2 is 1.35 bits per heavy atom. The average Bonchev–Trinajstić information content (AvgIpc) is 2.70. The van der Waals surface area contributed by atoms with Gasteiger partial charge in [-0.05, 0) is 36.0 Å². The summed E-state index contributed by atoms with van der Waals surface area (Å²) in [5.41, 5.74) is 6.76. The maximum absolute atomic E-state index is 5.33. The van der Waals surface area contributed by atoms with E-state index in [9.17, 15) is 0 Å². The molecule has 0 aliphatic carbocycles. The number of nitrogens with one attached hydrogen (secondary N) is 2. The van der Waals surface area contributed by atoms with Crippen molar-refractivity contribution in [2.45, 2.75) is 0 Å².